The smallest absolute Gasteiger partial charge is 0.242 e. The number of para-hydroxylation sites is 1. The second kappa shape index (κ2) is 6.99. The molecule has 1 atom stereocenters. The third-order valence-corrected chi connectivity index (χ3v) is 6.43. The number of rotatable bonds is 3. The van der Waals surface area contributed by atoms with E-state index in [1.54, 1.807) is 12.0 Å². The molecule has 1 unspecified atom stereocenters. The molecule has 0 fully saturated rings. The largest absolute Gasteiger partial charge is 0.497 e. The van der Waals surface area contributed by atoms with Gasteiger partial charge in [-0.3, -0.25) is 4.79 Å². The fraction of sp³-hybridized carbons (Fsp3) is 0.107. The van der Waals surface area contributed by atoms with E-state index in [-0.39, 0.29) is 5.91 Å². The Morgan fingerprint density at radius 3 is 2.44 bits per heavy atom. The molecular formula is C28H21NO3. The highest BCUT2D eigenvalue weighted by atomic mass is 16.5. The zero-order chi connectivity index (χ0) is 21.8. The number of hydrogen-bond acceptors (Lipinski definition) is 3. The first-order valence-corrected chi connectivity index (χ1v) is 10.6. The van der Waals surface area contributed by atoms with Crippen LogP contribution >= 0.6 is 0 Å². The van der Waals surface area contributed by atoms with E-state index >= 15 is 0 Å². The van der Waals surface area contributed by atoms with Crippen LogP contribution in [0.3, 0.4) is 0 Å². The predicted octanol–water partition coefficient (Wildman–Crippen LogP) is 6.37. The number of likely N-dealkylation sites (N-methyl/N-ethyl adjacent to an activating group) is 1. The van der Waals surface area contributed by atoms with Crippen molar-refractivity contribution in [1.29, 1.82) is 0 Å². The Bertz CT molecular complexity index is 1500. The van der Waals surface area contributed by atoms with Crippen LogP contribution in [-0.2, 0) is 4.79 Å². The number of carbonyl (C=O) groups is 1. The van der Waals surface area contributed by atoms with Crippen molar-refractivity contribution in [1.82, 2.24) is 0 Å². The molecule has 4 heteroatoms. The number of ether oxygens (including phenoxy) is 1. The molecule has 5 aromatic rings. The molecule has 0 aliphatic carbocycles. The second-order valence-corrected chi connectivity index (χ2v) is 8.12. The van der Waals surface area contributed by atoms with Gasteiger partial charge in [0.05, 0.1) is 7.11 Å². The van der Waals surface area contributed by atoms with Gasteiger partial charge in [0.25, 0.3) is 0 Å². The summed E-state index contributed by atoms with van der Waals surface area (Å²) in [5, 5.41) is 3.28. The molecule has 0 N–H and O–H groups in total. The van der Waals surface area contributed by atoms with Crippen LogP contribution in [0.2, 0.25) is 0 Å². The van der Waals surface area contributed by atoms with Gasteiger partial charge >= 0.3 is 0 Å². The Morgan fingerprint density at radius 1 is 0.875 bits per heavy atom. The SMILES string of the molecule is COc1ccc(-c2c(C3C(=O)N(C)c4ccccc43)oc3ccc4ccccc4c23)cc1. The minimum atomic E-state index is -0.487. The summed E-state index contributed by atoms with van der Waals surface area (Å²) in [5.41, 5.74) is 4.63. The van der Waals surface area contributed by atoms with Gasteiger partial charge in [0.15, 0.2) is 0 Å². The van der Waals surface area contributed by atoms with E-state index in [0.29, 0.717) is 5.76 Å². The van der Waals surface area contributed by atoms with Gasteiger partial charge < -0.3 is 14.1 Å². The van der Waals surface area contributed by atoms with E-state index in [1.807, 2.05) is 73.8 Å². The molecule has 0 saturated carbocycles. The van der Waals surface area contributed by atoms with Gasteiger partial charge in [-0.1, -0.05) is 60.7 Å². The fourth-order valence-electron chi connectivity index (χ4n) is 4.87. The molecule has 32 heavy (non-hydrogen) atoms. The molecule has 4 aromatic carbocycles. The maximum absolute atomic E-state index is 13.4. The highest BCUT2D eigenvalue weighted by Gasteiger charge is 2.40. The Labute approximate surface area is 185 Å². The van der Waals surface area contributed by atoms with Crippen LogP contribution in [0, 0.1) is 0 Å². The summed E-state index contributed by atoms with van der Waals surface area (Å²) in [6.45, 7) is 0. The molecule has 156 valence electrons. The standard InChI is InChI=1S/C28H21NO3/c1-29-22-10-6-5-9-21(22)26(28(29)30)27-24(18-11-14-19(31-2)15-12-18)25-20-8-4-3-7-17(20)13-16-23(25)32-27/h3-16,26H,1-2H3. The summed E-state index contributed by atoms with van der Waals surface area (Å²) in [7, 11) is 3.48. The van der Waals surface area contributed by atoms with E-state index in [2.05, 4.69) is 18.2 Å². The summed E-state index contributed by atoms with van der Waals surface area (Å²) in [4.78, 5) is 15.2. The lowest BCUT2D eigenvalue weighted by Gasteiger charge is -2.12. The molecule has 1 aliphatic rings. The topological polar surface area (TPSA) is 42.7 Å². The molecule has 0 radical (unpaired) electrons. The van der Waals surface area contributed by atoms with Gasteiger partial charge in [-0.05, 0) is 46.2 Å². The van der Waals surface area contributed by atoms with Gasteiger partial charge in [0.2, 0.25) is 5.91 Å². The van der Waals surface area contributed by atoms with Crippen LogP contribution in [0.15, 0.2) is 89.3 Å². The van der Waals surface area contributed by atoms with Crippen LogP contribution in [0.1, 0.15) is 17.2 Å². The normalized spacial score (nSPS) is 15.5. The molecule has 0 spiro atoms. The lowest BCUT2D eigenvalue weighted by Crippen LogP contribution is -2.24. The Morgan fingerprint density at radius 2 is 1.62 bits per heavy atom. The Hall–Kier alpha value is -4.05. The number of amides is 1. The molecule has 1 aromatic heterocycles. The summed E-state index contributed by atoms with van der Waals surface area (Å²) < 4.78 is 11.9. The highest BCUT2D eigenvalue weighted by molar-refractivity contribution is 6.16. The fourth-order valence-corrected chi connectivity index (χ4v) is 4.87. The second-order valence-electron chi connectivity index (χ2n) is 8.12. The van der Waals surface area contributed by atoms with Crippen molar-refractivity contribution in [2.45, 2.75) is 5.92 Å². The number of carbonyl (C=O) groups excluding carboxylic acids is 1. The van der Waals surface area contributed by atoms with Crippen molar-refractivity contribution in [2.24, 2.45) is 0 Å². The molecule has 4 nitrogen and oxygen atoms in total. The first-order valence-electron chi connectivity index (χ1n) is 10.6. The van der Waals surface area contributed by atoms with Gasteiger partial charge in [0.1, 0.15) is 23.0 Å². The average Bonchev–Trinajstić information content (AvgIpc) is 3.34. The van der Waals surface area contributed by atoms with Crippen molar-refractivity contribution in [2.75, 3.05) is 19.1 Å². The number of furan rings is 1. The molecule has 1 amide bonds. The molecule has 6 rings (SSSR count). The van der Waals surface area contributed by atoms with Crippen LogP contribution in [0.4, 0.5) is 5.69 Å². The zero-order valence-electron chi connectivity index (χ0n) is 17.8. The lowest BCUT2D eigenvalue weighted by atomic mass is 9.90. The van der Waals surface area contributed by atoms with Crippen molar-refractivity contribution in [3.63, 3.8) is 0 Å². The predicted molar refractivity (Wildman–Crippen MR) is 127 cm³/mol. The quantitative estimate of drug-likeness (QED) is 0.341. The van der Waals surface area contributed by atoms with E-state index in [4.69, 9.17) is 9.15 Å². The number of hydrogen-bond donors (Lipinski definition) is 0. The maximum Gasteiger partial charge on any atom is 0.242 e. The van der Waals surface area contributed by atoms with Crippen LogP contribution in [-0.4, -0.2) is 20.1 Å². The number of nitrogens with zero attached hydrogens (tertiary/aromatic N) is 1. The van der Waals surface area contributed by atoms with Crippen molar-refractivity contribution in [3.8, 4) is 16.9 Å². The van der Waals surface area contributed by atoms with E-state index in [1.165, 1.54) is 0 Å². The molecular weight excluding hydrogens is 398 g/mol. The lowest BCUT2D eigenvalue weighted by molar-refractivity contribution is -0.118. The number of fused-ring (bicyclic) bond motifs is 4. The minimum absolute atomic E-state index is 0.0179. The van der Waals surface area contributed by atoms with Gasteiger partial charge in [-0.15, -0.1) is 0 Å². The van der Waals surface area contributed by atoms with Crippen LogP contribution < -0.4 is 9.64 Å². The van der Waals surface area contributed by atoms with Gasteiger partial charge in [-0.25, -0.2) is 0 Å². The Balaban J connectivity index is 1.70. The number of anilines is 1. The molecule has 1 aliphatic heterocycles. The van der Waals surface area contributed by atoms with Crippen molar-refractivity contribution in [3.05, 3.63) is 96.3 Å². The number of benzene rings is 4. The first kappa shape index (κ1) is 18.7. The zero-order valence-corrected chi connectivity index (χ0v) is 17.8. The van der Waals surface area contributed by atoms with Crippen molar-refractivity contribution >= 4 is 33.3 Å². The summed E-state index contributed by atoms with van der Waals surface area (Å²) in [5.74, 6) is 1.00. The van der Waals surface area contributed by atoms with E-state index in [0.717, 1.165) is 49.9 Å². The van der Waals surface area contributed by atoms with Crippen LogP contribution in [0.25, 0.3) is 32.9 Å². The molecule has 0 bridgehead atoms. The van der Waals surface area contributed by atoms with E-state index < -0.39 is 5.92 Å². The monoisotopic (exact) mass is 419 g/mol. The third kappa shape index (κ3) is 2.59. The van der Waals surface area contributed by atoms with Crippen LogP contribution in [0.5, 0.6) is 5.75 Å². The van der Waals surface area contributed by atoms with Gasteiger partial charge in [0, 0.05) is 23.7 Å². The first-order chi connectivity index (χ1) is 15.7. The van der Waals surface area contributed by atoms with Gasteiger partial charge in [-0.2, -0.15) is 0 Å². The summed E-state index contributed by atoms with van der Waals surface area (Å²) >= 11 is 0. The maximum atomic E-state index is 13.4. The molecule has 2 heterocycles. The minimum Gasteiger partial charge on any atom is -0.497 e. The van der Waals surface area contributed by atoms with Crippen molar-refractivity contribution < 1.29 is 13.9 Å². The number of methoxy groups -OCH3 is 1. The summed E-state index contributed by atoms with van der Waals surface area (Å²) in [6, 6.07) is 28.2. The average molecular weight is 419 g/mol. The summed E-state index contributed by atoms with van der Waals surface area (Å²) in [6.07, 6.45) is 0. The van der Waals surface area contributed by atoms with E-state index in [9.17, 15) is 4.79 Å². The Kier molecular flexibility index (Phi) is 4.08. The third-order valence-electron chi connectivity index (χ3n) is 6.43. The molecule has 0 saturated heterocycles. The highest BCUT2D eigenvalue weighted by Crippen LogP contribution is 2.48.